The molecule has 0 aliphatic carbocycles. The maximum atomic E-state index is 13.9. The first-order valence-electron chi connectivity index (χ1n) is 6.58. The molecule has 4 heteroatoms. The van der Waals surface area contributed by atoms with Gasteiger partial charge in [-0.05, 0) is 43.5 Å². The predicted molar refractivity (Wildman–Crippen MR) is 74.6 cm³/mol. The van der Waals surface area contributed by atoms with Gasteiger partial charge in [0, 0.05) is 25.5 Å². The minimum Gasteiger partial charge on any atom is -0.319 e. The molecule has 1 N–H and O–H groups in total. The highest BCUT2D eigenvalue weighted by Gasteiger charge is 2.15. The third-order valence-corrected chi connectivity index (χ3v) is 3.47. The van der Waals surface area contributed by atoms with Crippen LogP contribution in [-0.4, -0.2) is 23.4 Å². The van der Waals surface area contributed by atoms with Crippen molar-refractivity contribution in [2.45, 2.75) is 18.8 Å². The maximum absolute atomic E-state index is 13.9. The highest BCUT2D eigenvalue weighted by atomic mass is 19.1. The third-order valence-electron chi connectivity index (χ3n) is 3.47. The number of nitrogens with zero attached hydrogens (tertiary/aromatic N) is 2. The Morgan fingerprint density at radius 1 is 1.32 bits per heavy atom. The molecule has 0 saturated heterocycles. The average molecular weight is 261 g/mol. The van der Waals surface area contributed by atoms with Crippen LogP contribution >= 0.6 is 0 Å². The maximum Gasteiger partial charge on any atom is 0.126 e. The fourth-order valence-electron chi connectivity index (χ4n) is 2.39. The van der Waals surface area contributed by atoms with E-state index in [1.807, 2.05) is 37.0 Å². The van der Waals surface area contributed by atoms with Crippen LogP contribution in [-0.2, 0) is 13.5 Å². The molecular weight excluding hydrogens is 241 g/mol. The summed E-state index contributed by atoms with van der Waals surface area (Å²) in [6.45, 7) is 0.777. The summed E-state index contributed by atoms with van der Waals surface area (Å²) in [7, 11) is 3.84. The molecule has 0 radical (unpaired) electrons. The molecule has 0 spiro atoms. The van der Waals surface area contributed by atoms with Crippen molar-refractivity contribution in [2.24, 2.45) is 7.05 Å². The van der Waals surface area contributed by atoms with E-state index in [1.54, 1.807) is 12.3 Å². The summed E-state index contributed by atoms with van der Waals surface area (Å²) in [5, 5.41) is 7.31. The molecule has 2 aromatic rings. The summed E-state index contributed by atoms with van der Waals surface area (Å²) < 4.78 is 15.7. The number of aromatic nitrogens is 2. The molecule has 19 heavy (non-hydrogen) atoms. The van der Waals surface area contributed by atoms with Crippen LogP contribution in [0.25, 0.3) is 0 Å². The van der Waals surface area contributed by atoms with Gasteiger partial charge in [-0.15, -0.1) is 0 Å². The first kappa shape index (κ1) is 13.7. The van der Waals surface area contributed by atoms with Crippen molar-refractivity contribution in [3.8, 4) is 0 Å². The van der Waals surface area contributed by atoms with Gasteiger partial charge in [-0.25, -0.2) is 4.39 Å². The quantitative estimate of drug-likeness (QED) is 0.866. The smallest absolute Gasteiger partial charge is 0.126 e. The zero-order valence-corrected chi connectivity index (χ0v) is 11.4. The molecule has 0 aliphatic rings. The molecule has 1 aromatic heterocycles. The van der Waals surface area contributed by atoms with Crippen LogP contribution in [0.4, 0.5) is 4.39 Å². The first-order chi connectivity index (χ1) is 9.22. The standard InChI is InChI=1S/C15H20FN3/c1-17-11-12(14-5-3-4-6-15(14)16)7-8-13-9-10-18-19(13)2/h3-6,9-10,12,17H,7-8,11H2,1-2H3. The molecule has 0 bridgehead atoms. The monoisotopic (exact) mass is 261 g/mol. The second-order valence-electron chi connectivity index (χ2n) is 4.76. The molecule has 1 heterocycles. The molecule has 3 nitrogen and oxygen atoms in total. The van der Waals surface area contributed by atoms with Gasteiger partial charge in [0.05, 0.1) is 0 Å². The number of rotatable bonds is 6. The second kappa shape index (κ2) is 6.48. The highest BCUT2D eigenvalue weighted by molar-refractivity contribution is 5.22. The van der Waals surface area contributed by atoms with E-state index in [9.17, 15) is 4.39 Å². The minimum absolute atomic E-state index is 0.118. The van der Waals surface area contributed by atoms with Gasteiger partial charge in [-0.1, -0.05) is 18.2 Å². The van der Waals surface area contributed by atoms with Crippen molar-refractivity contribution in [3.63, 3.8) is 0 Å². The van der Waals surface area contributed by atoms with Crippen LogP contribution < -0.4 is 5.32 Å². The minimum atomic E-state index is -0.118. The summed E-state index contributed by atoms with van der Waals surface area (Å²) in [4.78, 5) is 0. The van der Waals surface area contributed by atoms with E-state index in [2.05, 4.69) is 10.4 Å². The van der Waals surface area contributed by atoms with Crippen molar-refractivity contribution in [2.75, 3.05) is 13.6 Å². The van der Waals surface area contributed by atoms with Crippen LogP contribution in [0.1, 0.15) is 23.6 Å². The van der Waals surface area contributed by atoms with Crippen LogP contribution in [0.2, 0.25) is 0 Å². The highest BCUT2D eigenvalue weighted by Crippen LogP contribution is 2.23. The van der Waals surface area contributed by atoms with Gasteiger partial charge in [0.25, 0.3) is 0 Å². The number of likely N-dealkylation sites (N-methyl/N-ethyl adjacent to an activating group) is 1. The van der Waals surface area contributed by atoms with E-state index >= 15 is 0 Å². The van der Waals surface area contributed by atoms with Gasteiger partial charge >= 0.3 is 0 Å². The fourth-order valence-corrected chi connectivity index (χ4v) is 2.39. The lowest BCUT2D eigenvalue weighted by molar-refractivity contribution is 0.527. The first-order valence-corrected chi connectivity index (χ1v) is 6.58. The summed E-state index contributed by atoms with van der Waals surface area (Å²) in [5.74, 6) is 0.0638. The van der Waals surface area contributed by atoms with Gasteiger partial charge in [0.1, 0.15) is 5.82 Å². The molecule has 0 aliphatic heterocycles. The van der Waals surface area contributed by atoms with Gasteiger partial charge in [0.15, 0.2) is 0 Å². The lowest BCUT2D eigenvalue weighted by Gasteiger charge is -2.17. The van der Waals surface area contributed by atoms with Crippen LogP contribution in [0.3, 0.4) is 0 Å². The Morgan fingerprint density at radius 3 is 2.74 bits per heavy atom. The molecule has 2 rings (SSSR count). The topological polar surface area (TPSA) is 29.9 Å². The number of hydrogen-bond donors (Lipinski definition) is 1. The number of halogens is 1. The molecule has 1 unspecified atom stereocenters. The lowest BCUT2D eigenvalue weighted by atomic mass is 9.93. The molecular formula is C15H20FN3. The zero-order valence-electron chi connectivity index (χ0n) is 11.4. The van der Waals surface area contributed by atoms with Crippen LogP contribution in [0.15, 0.2) is 36.5 Å². The van der Waals surface area contributed by atoms with E-state index in [0.717, 1.165) is 24.9 Å². The molecule has 1 aromatic carbocycles. The Labute approximate surface area is 113 Å². The number of aryl methyl sites for hydroxylation is 2. The summed E-state index contributed by atoms with van der Waals surface area (Å²) in [6.07, 6.45) is 3.60. The van der Waals surface area contributed by atoms with Crippen LogP contribution in [0.5, 0.6) is 0 Å². The number of nitrogens with one attached hydrogen (secondary N) is 1. The molecule has 0 fully saturated rings. The molecule has 102 valence electrons. The molecule has 0 amide bonds. The van der Waals surface area contributed by atoms with E-state index in [0.29, 0.717) is 0 Å². The van der Waals surface area contributed by atoms with E-state index in [1.165, 1.54) is 11.8 Å². The van der Waals surface area contributed by atoms with Gasteiger partial charge in [0.2, 0.25) is 0 Å². The third kappa shape index (κ3) is 3.41. The largest absolute Gasteiger partial charge is 0.319 e. The van der Waals surface area contributed by atoms with E-state index in [-0.39, 0.29) is 11.7 Å². The van der Waals surface area contributed by atoms with Gasteiger partial charge in [-0.3, -0.25) is 4.68 Å². The zero-order chi connectivity index (χ0) is 13.7. The number of hydrogen-bond acceptors (Lipinski definition) is 2. The Balaban J connectivity index is 2.09. The van der Waals surface area contributed by atoms with Gasteiger partial charge < -0.3 is 5.32 Å². The average Bonchev–Trinajstić information content (AvgIpc) is 2.81. The Bertz CT molecular complexity index is 522. The second-order valence-corrected chi connectivity index (χ2v) is 4.76. The lowest BCUT2D eigenvalue weighted by Crippen LogP contribution is -2.19. The number of benzene rings is 1. The Kier molecular flexibility index (Phi) is 4.68. The van der Waals surface area contributed by atoms with E-state index in [4.69, 9.17) is 0 Å². The SMILES string of the molecule is CNCC(CCc1ccnn1C)c1ccccc1F. The van der Waals surface area contributed by atoms with Crippen molar-refractivity contribution in [1.82, 2.24) is 15.1 Å². The summed E-state index contributed by atoms with van der Waals surface area (Å²) in [5.41, 5.74) is 1.97. The van der Waals surface area contributed by atoms with Crippen molar-refractivity contribution in [1.29, 1.82) is 0 Å². The summed E-state index contributed by atoms with van der Waals surface area (Å²) in [6, 6.07) is 9.04. The van der Waals surface area contributed by atoms with E-state index < -0.39 is 0 Å². The van der Waals surface area contributed by atoms with Crippen molar-refractivity contribution in [3.05, 3.63) is 53.6 Å². The van der Waals surface area contributed by atoms with Crippen molar-refractivity contribution >= 4 is 0 Å². The van der Waals surface area contributed by atoms with Crippen molar-refractivity contribution < 1.29 is 4.39 Å². The van der Waals surface area contributed by atoms with Gasteiger partial charge in [-0.2, -0.15) is 5.10 Å². The summed E-state index contributed by atoms with van der Waals surface area (Å²) >= 11 is 0. The fraction of sp³-hybridized carbons (Fsp3) is 0.400. The molecule has 0 saturated carbocycles. The molecule has 1 atom stereocenters. The Morgan fingerprint density at radius 2 is 2.11 bits per heavy atom. The normalized spacial score (nSPS) is 12.6. The predicted octanol–water partition coefficient (Wildman–Crippen LogP) is 2.50. The van der Waals surface area contributed by atoms with Crippen LogP contribution in [0, 0.1) is 5.82 Å². The Hall–Kier alpha value is -1.68.